The predicted molar refractivity (Wildman–Crippen MR) is 114 cm³/mol. The van der Waals surface area contributed by atoms with Gasteiger partial charge in [0.25, 0.3) is 0 Å². The Morgan fingerprint density at radius 2 is 1.80 bits per heavy atom. The van der Waals surface area contributed by atoms with Crippen molar-refractivity contribution in [1.29, 1.82) is 0 Å². The highest BCUT2D eigenvalue weighted by Crippen LogP contribution is 2.40. The highest BCUT2D eigenvalue weighted by molar-refractivity contribution is 6.26. The first-order valence-electron chi connectivity index (χ1n) is 10.3. The fourth-order valence-electron chi connectivity index (χ4n) is 3.61. The molecule has 0 aromatic heterocycles. The molecule has 0 saturated carbocycles. The molecule has 1 aliphatic heterocycles. The van der Waals surface area contributed by atoms with Gasteiger partial charge in [-0.05, 0) is 47.5 Å². The molecule has 158 valence electrons. The van der Waals surface area contributed by atoms with Gasteiger partial charge in [0.05, 0.1) is 5.57 Å². The SMILES string of the molecule is CC=C(C)CCC=C(C)C(=O)O[C@@H]1CC2=C(OC1(C)C)C(=O)c1ccccc1C2=O. The molecule has 0 saturated heterocycles. The Morgan fingerprint density at radius 1 is 1.17 bits per heavy atom. The number of carbonyl (C=O) groups excluding carboxylic acids is 3. The van der Waals surface area contributed by atoms with Crippen LogP contribution in [0.15, 0.2) is 58.9 Å². The van der Waals surface area contributed by atoms with Crippen LogP contribution in [0.4, 0.5) is 0 Å². The normalized spacial score (nSPS) is 21.0. The Labute approximate surface area is 177 Å². The zero-order valence-corrected chi connectivity index (χ0v) is 18.2. The van der Waals surface area contributed by atoms with Gasteiger partial charge in [-0.2, -0.15) is 0 Å². The highest BCUT2D eigenvalue weighted by atomic mass is 16.6. The molecule has 0 N–H and O–H groups in total. The van der Waals surface area contributed by atoms with Gasteiger partial charge in [0, 0.05) is 23.1 Å². The first-order chi connectivity index (χ1) is 14.2. The molecule has 0 bridgehead atoms. The van der Waals surface area contributed by atoms with Crippen LogP contribution in [0.1, 0.15) is 74.6 Å². The van der Waals surface area contributed by atoms with Crippen molar-refractivity contribution < 1.29 is 23.9 Å². The first-order valence-corrected chi connectivity index (χ1v) is 10.3. The lowest BCUT2D eigenvalue weighted by Crippen LogP contribution is -2.48. The lowest BCUT2D eigenvalue weighted by molar-refractivity contribution is -0.161. The summed E-state index contributed by atoms with van der Waals surface area (Å²) in [5.74, 6) is -0.904. The van der Waals surface area contributed by atoms with Crippen molar-refractivity contribution in [2.45, 2.75) is 65.6 Å². The van der Waals surface area contributed by atoms with Gasteiger partial charge in [0.15, 0.2) is 11.5 Å². The minimum Gasteiger partial charge on any atom is -0.479 e. The van der Waals surface area contributed by atoms with Crippen LogP contribution in [0.3, 0.4) is 0 Å². The second kappa shape index (κ2) is 8.42. The van der Waals surface area contributed by atoms with E-state index < -0.39 is 17.7 Å². The summed E-state index contributed by atoms with van der Waals surface area (Å²) in [6, 6.07) is 6.72. The number of hydrogen-bond donors (Lipinski definition) is 0. The van der Waals surface area contributed by atoms with Gasteiger partial charge in [0.1, 0.15) is 11.7 Å². The van der Waals surface area contributed by atoms with E-state index in [0.717, 1.165) is 12.8 Å². The van der Waals surface area contributed by atoms with Gasteiger partial charge < -0.3 is 9.47 Å². The van der Waals surface area contributed by atoms with Crippen molar-refractivity contribution >= 4 is 17.5 Å². The third-order valence-electron chi connectivity index (χ3n) is 5.75. The summed E-state index contributed by atoms with van der Waals surface area (Å²) in [4.78, 5) is 38.4. The Hall–Kier alpha value is -2.95. The zero-order valence-electron chi connectivity index (χ0n) is 18.2. The molecule has 1 atom stereocenters. The van der Waals surface area contributed by atoms with E-state index >= 15 is 0 Å². The van der Waals surface area contributed by atoms with Gasteiger partial charge in [-0.1, -0.05) is 42.0 Å². The number of benzene rings is 1. The Morgan fingerprint density at radius 3 is 2.43 bits per heavy atom. The fraction of sp³-hybridized carbons (Fsp3) is 0.400. The highest BCUT2D eigenvalue weighted by Gasteiger charge is 2.47. The van der Waals surface area contributed by atoms with E-state index in [1.807, 2.05) is 13.0 Å². The van der Waals surface area contributed by atoms with Gasteiger partial charge in [-0.25, -0.2) is 4.79 Å². The van der Waals surface area contributed by atoms with E-state index in [4.69, 9.17) is 9.47 Å². The Bertz CT molecular complexity index is 991. The fourth-order valence-corrected chi connectivity index (χ4v) is 3.61. The number of ketones is 2. The second-order valence-electron chi connectivity index (χ2n) is 8.38. The summed E-state index contributed by atoms with van der Waals surface area (Å²) < 4.78 is 11.7. The summed E-state index contributed by atoms with van der Waals surface area (Å²) in [7, 11) is 0. The molecule has 5 heteroatoms. The van der Waals surface area contributed by atoms with Crippen LogP contribution < -0.4 is 0 Å². The molecule has 1 heterocycles. The minimum absolute atomic E-state index is 0.0742. The first kappa shape index (κ1) is 21.8. The number of rotatable bonds is 5. The van der Waals surface area contributed by atoms with E-state index in [2.05, 4.69) is 13.0 Å². The maximum Gasteiger partial charge on any atom is 0.333 e. The topological polar surface area (TPSA) is 69.7 Å². The maximum atomic E-state index is 13.0. The molecule has 1 aromatic rings. The summed E-state index contributed by atoms with van der Waals surface area (Å²) >= 11 is 0. The largest absolute Gasteiger partial charge is 0.479 e. The molecule has 0 fully saturated rings. The quantitative estimate of drug-likeness (QED) is 0.384. The van der Waals surface area contributed by atoms with Crippen LogP contribution in [0.5, 0.6) is 0 Å². The average molecular weight is 408 g/mol. The van der Waals surface area contributed by atoms with Crippen molar-refractivity contribution in [2.24, 2.45) is 0 Å². The van der Waals surface area contributed by atoms with Gasteiger partial charge >= 0.3 is 5.97 Å². The number of allylic oxidation sites excluding steroid dienone is 4. The summed E-state index contributed by atoms with van der Waals surface area (Å²) in [5, 5.41) is 0. The molecule has 0 radical (unpaired) electrons. The standard InChI is InChI=1S/C25H28O5/c1-6-15(2)10-9-11-16(3)24(28)29-20-14-19-21(26)17-12-7-8-13-18(17)22(27)23(19)30-25(20,4)5/h6-8,11-13,20H,9-10,14H2,1-5H3/t20-/m1/s1. The third-order valence-corrected chi connectivity index (χ3v) is 5.75. The summed E-state index contributed by atoms with van der Waals surface area (Å²) in [6.07, 6.45) is 5.02. The van der Waals surface area contributed by atoms with Gasteiger partial charge in [-0.3, -0.25) is 9.59 Å². The second-order valence-corrected chi connectivity index (χ2v) is 8.38. The number of hydrogen-bond acceptors (Lipinski definition) is 5. The molecule has 0 amide bonds. The number of esters is 1. The molecule has 0 unspecified atom stereocenters. The summed E-state index contributed by atoms with van der Waals surface area (Å²) in [5.41, 5.74) is 1.84. The smallest absolute Gasteiger partial charge is 0.333 e. The van der Waals surface area contributed by atoms with Crippen molar-refractivity contribution in [3.63, 3.8) is 0 Å². The number of carbonyl (C=O) groups is 3. The van der Waals surface area contributed by atoms with Crippen molar-refractivity contribution in [3.05, 3.63) is 70.0 Å². The van der Waals surface area contributed by atoms with E-state index in [-0.39, 0.29) is 29.3 Å². The number of fused-ring (bicyclic) bond motifs is 1. The predicted octanol–water partition coefficient (Wildman–Crippen LogP) is 5.12. The number of Topliss-reactive ketones (excluding diaryl/α,β-unsaturated/α-hetero) is 2. The van der Waals surface area contributed by atoms with Crippen LogP contribution in [0, 0.1) is 0 Å². The van der Waals surface area contributed by atoms with Crippen LogP contribution in [-0.4, -0.2) is 29.2 Å². The Balaban J connectivity index is 1.79. The lowest BCUT2D eigenvalue weighted by atomic mass is 9.81. The van der Waals surface area contributed by atoms with Crippen molar-refractivity contribution in [3.8, 4) is 0 Å². The molecular formula is C25H28O5. The van der Waals surface area contributed by atoms with Crippen LogP contribution >= 0.6 is 0 Å². The van der Waals surface area contributed by atoms with E-state index in [9.17, 15) is 14.4 Å². The van der Waals surface area contributed by atoms with Crippen LogP contribution in [-0.2, 0) is 14.3 Å². The molecule has 5 nitrogen and oxygen atoms in total. The molecule has 1 aliphatic carbocycles. The molecular weight excluding hydrogens is 380 g/mol. The molecule has 30 heavy (non-hydrogen) atoms. The minimum atomic E-state index is -0.932. The third kappa shape index (κ3) is 4.16. The number of ether oxygens (including phenoxy) is 2. The van der Waals surface area contributed by atoms with Gasteiger partial charge in [-0.15, -0.1) is 0 Å². The molecule has 0 spiro atoms. The van der Waals surface area contributed by atoms with E-state index in [0.29, 0.717) is 16.7 Å². The molecule has 2 aliphatic rings. The molecule has 3 rings (SSSR count). The van der Waals surface area contributed by atoms with E-state index in [1.54, 1.807) is 45.0 Å². The monoisotopic (exact) mass is 408 g/mol. The average Bonchev–Trinajstić information content (AvgIpc) is 2.72. The zero-order chi connectivity index (χ0) is 22.1. The van der Waals surface area contributed by atoms with E-state index in [1.165, 1.54) is 5.57 Å². The van der Waals surface area contributed by atoms with Crippen molar-refractivity contribution in [2.75, 3.05) is 0 Å². The molecule has 1 aromatic carbocycles. The summed E-state index contributed by atoms with van der Waals surface area (Å²) in [6.45, 7) is 9.29. The lowest BCUT2D eigenvalue weighted by Gasteiger charge is -2.40. The van der Waals surface area contributed by atoms with Crippen LogP contribution in [0.2, 0.25) is 0 Å². The van der Waals surface area contributed by atoms with Gasteiger partial charge in [0.2, 0.25) is 5.78 Å². The van der Waals surface area contributed by atoms with Crippen molar-refractivity contribution in [1.82, 2.24) is 0 Å². The maximum absolute atomic E-state index is 13.0. The Kier molecular flexibility index (Phi) is 6.11. The van der Waals surface area contributed by atoms with Crippen LogP contribution in [0.25, 0.3) is 0 Å².